The van der Waals surface area contributed by atoms with Crippen molar-refractivity contribution in [3.63, 3.8) is 0 Å². The van der Waals surface area contributed by atoms with E-state index >= 15 is 0 Å². The molecule has 1 unspecified atom stereocenters. The minimum absolute atomic E-state index is 0.0608. The van der Waals surface area contributed by atoms with Gasteiger partial charge < -0.3 is 20.1 Å². The molecule has 1 aromatic carbocycles. The molecule has 1 heterocycles. The minimum Gasteiger partial charge on any atom is -0.479 e. The third-order valence-corrected chi connectivity index (χ3v) is 3.08. The van der Waals surface area contributed by atoms with Gasteiger partial charge in [0, 0.05) is 6.54 Å². The predicted octanol–water partition coefficient (Wildman–Crippen LogP) is 1.45. The quantitative estimate of drug-likeness (QED) is 0.860. The molecule has 1 aliphatic heterocycles. The number of ether oxygens (including phenoxy) is 1. The Morgan fingerprint density at radius 1 is 1.50 bits per heavy atom. The van der Waals surface area contributed by atoms with Crippen molar-refractivity contribution in [2.45, 2.75) is 13.0 Å². The largest absolute Gasteiger partial charge is 0.479 e. The molecular formula is C13H15FN2O4. The number of carbonyl (C=O) groups is 2. The van der Waals surface area contributed by atoms with Gasteiger partial charge >= 0.3 is 12.0 Å². The number of carboxylic acid groups (broad SMARTS) is 1. The van der Waals surface area contributed by atoms with E-state index in [9.17, 15) is 14.0 Å². The van der Waals surface area contributed by atoms with E-state index < -0.39 is 23.9 Å². The van der Waals surface area contributed by atoms with Crippen LogP contribution in [-0.2, 0) is 9.53 Å². The van der Waals surface area contributed by atoms with Crippen molar-refractivity contribution in [3.8, 4) is 0 Å². The first-order chi connectivity index (χ1) is 9.49. The fourth-order valence-electron chi connectivity index (χ4n) is 1.96. The van der Waals surface area contributed by atoms with E-state index in [4.69, 9.17) is 9.84 Å². The molecule has 7 heteroatoms. The lowest BCUT2D eigenvalue weighted by Crippen LogP contribution is -2.50. The number of urea groups is 1. The standard InChI is InChI=1S/C13H15FN2O4/c1-8-3-2-4-9(14)11(8)15-13(19)16-5-6-20-10(7-16)12(17)18/h2-4,10H,5-7H2,1H3,(H,15,19)(H,17,18). The lowest BCUT2D eigenvalue weighted by Gasteiger charge is -2.31. The Bertz CT molecular complexity index is 515. The molecule has 1 fully saturated rings. The highest BCUT2D eigenvalue weighted by atomic mass is 19.1. The van der Waals surface area contributed by atoms with Crippen LogP contribution >= 0.6 is 0 Å². The molecule has 1 saturated heterocycles. The number of morpholine rings is 1. The molecular weight excluding hydrogens is 267 g/mol. The summed E-state index contributed by atoms with van der Waals surface area (Å²) in [5.41, 5.74) is 0.706. The van der Waals surface area contributed by atoms with Crippen LogP contribution in [-0.4, -0.2) is 47.8 Å². The summed E-state index contributed by atoms with van der Waals surface area (Å²) in [6, 6.07) is 3.95. The lowest BCUT2D eigenvalue weighted by atomic mass is 10.2. The third-order valence-electron chi connectivity index (χ3n) is 3.08. The Balaban J connectivity index is 2.06. The van der Waals surface area contributed by atoms with E-state index in [0.717, 1.165) is 0 Å². The van der Waals surface area contributed by atoms with E-state index in [1.807, 2.05) is 0 Å². The maximum absolute atomic E-state index is 13.6. The van der Waals surface area contributed by atoms with Gasteiger partial charge in [0.25, 0.3) is 0 Å². The van der Waals surface area contributed by atoms with Gasteiger partial charge in [-0.1, -0.05) is 12.1 Å². The number of aryl methyl sites for hydroxylation is 1. The second kappa shape index (κ2) is 5.87. The summed E-state index contributed by atoms with van der Waals surface area (Å²) in [7, 11) is 0. The summed E-state index contributed by atoms with van der Waals surface area (Å²) >= 11 is 0. The molecule has 2 rings (SSSR count). The van der Waals surface area contributed by atoms with Gasteiger partial charge in [-0.15, -0.1) is 0 Å². The van der Waals surface area contributed by atoms with Crippen molar-refractivity contribution in [1.82, 2.24) is 4.90 Å². The van der Waals surface area contributed by atoms with Crippen LogP contribution in [0.25, 0.3) is 0 Å². The lowest BCUT2D eigenvalue weighted by molar-refractivity contribution is -0.154. The molecule has 0 aromatic heterocycles. The molecule has 0 radical (unpaired) electrons. The summed E-state index contributed by atoms with van der Waals surface area (Å²) in [5.74, 6) is -1.65. The monoisotopic (exact) mass is 282 g/mol. The fraction of sp³-hybridized carbons (Fsp3) is 0.385. The molecule has 1 aromatic rings. The van der Waals surface area contributed by atoms with E-state index in [1.54, 1.807) is 19.1 Å². The van der Waals surface area contributed by atoms with Crippen molar-refractivity contribution in [1.29, 1.82) is 0 Å². The van der Waals surface area contributed by atoms with Gasteiger partial charge in [-0.2, -0.15) is 0 Å². The minimum atomic E-state index is -1.12. The van der Waals surface area contributed by atoms with Crippen molar-refractivity contribution in [2.75, 3.05) is 25.0 Å². The van der Waals surface area contributed by atoms with Crippen LogP contribution in [0, 0.1) is 12.7 Å². The van der Waals surface area contributed by atoms with Crippen LogP contribution < -0.4 is 5.32 Å². The van der Waals surface area contributed by atoms with E-state index in [2.05, 4.69) is 5.32 Å². The highest BCUT2D eigenvalue weighted by Crippen LogP contribution is 2.19. The molecule has 1 aliphatic rings. The SMILES string of the molecule is Cc1cccc(F)c1NC(=O)N1CCOC(C(=O)O)C1. The average Bonchev–Trinajstić information content (AvgIpc) is 2.43. The zero-order valence-corrected chi connectivity index (χ0v) is 10.9. The van der Waals surface area contributed by atoms with Crippen molar-refractivity contribution in [3.05, 3.63) is 29.6 Å². The van der Waals surface area contributed by atoms with Crippen LogP contribution in [0.1, 0.15) is 5.56 Å². The van der Waals surface area contributed by atoms with Gasteiger partial charge in [-0.05, 0) is 18.6 Å². The molecule has 20 heavy (non-hydrogen) atoms. The molecule has 1 atom stereocenters. The second-order valence-corrected chi connectivity index (χ2v) is 4.51. The van der Waals surface area contributed by atoms with Crippen molar-refractivity contribution in [2.24, 2.45) is 0 Å². The van der Waals surface area contributed by atoms with Crippen LogP contribution in [0.5, 0.6) is 0 Å². The van der Waals surface area contributed by atoms with Gasteiger partial charge in [0.15, 0.2) is 6.10 Å². The molecule has 0 aliphatic carbocycles. The Morgan fingerprint density at radius 3 is 2.90 bits per heavy atom. The molecule has 0 saturated carbocycles. The number of amides is 2. The normalized spacial score (nSPS) is 18.7. The van der Waals surface area contributed by atoms with Crippen LogP contribution in [0.3, 0.4) is 0 Å². The highest BCUT2D eigenvalue weighted by Gasteiger charge is 2.29. The van der Waals surface area contributed by atoms with Crippen LogP contribution in [0.2, 0.25) is 0 Å². The maximum Gasteiger partial charge on any atom is 0.334 e. The smallest absolute Gasteiger partial charge is 0.334 e. The number of rotatable bonds is 2. The summed E-state index contributed by atoms with van der Waals surface area (Å²) in [6.45, 7) is 2.02. The van der Waals surface area contributed by atoms with Gasteiger partial charge in [0.1, 0.15) is 5.82 Å². The Hall–Kier alpha value is -2.15. The number of hydrogen-bond donors (Lipinski definition) is 2. The molecule has 2 amide bonds. The second-order valence-electron chi connectivity index (χ2n) is 4.51. The number of nitrogens with one attached hydrogen (secondary N) is 1. The number of hydrogen-bond acceptors (Lipinski definition) is 3. The van der Waals surface area contributed by atoms with Gasteiger partial charge in [0.2, 0.25) is 0 Å². The predicted molar refractivity (Wildman–Crippen MR) is 69.1 cm³/mol. The number of para-hydroxylation sites is 1. The Kier molecular flexibility index (Phi) is 4.19. The molecule has 0 bridgehead atoms. The van der Waals surface area contributed by atoms with Crippen LogP contribution in [0.15, 0.2) is 18.2 Å². The number of halogens is 1. The van der Waals surface area contributed by atoms with Crippen molar-refractivity contribution < 1.29 is 23.8 Å². The molecule has 0 spiro atoms. The number of anilines is 1. The van der Waals surface area contributed by atoms with E-state index in [1.165, 1.54) is 11.0 Å². The summed E-state index contributed by atoms with van der Waals surface area (Å²) in [4.78, 5) is 24.2. The fourth-order valence-corrected chi connectivity index (χ4v) is 1.96. The number of carbonyl (C=O) groups excluding carboxylic acids is 1. The average molecular weight is 282 g/mol. The number of nitrogens with zero attached hydrogens (tertiary/aromatic N) is 1. The number of benzene rings is 1. The summed E-state index contributed by atoms with van der Waals surface area (Å²) in [6.07, 6.45) is -1.05. The molecule has 108 valence electrons. The van der Waals surface area contributed by atoms with Gasteiger partial charge in [0.05, 0.1) is 18.8 Å². The van der Waals surface area contributed by atoms with Gasteiger partial charge in [-0.25, -0.2) is 14.0 Å². The Morgan fingerprint density at radius 2 is 2.25 bits per heavy atom. The zero-order valence-electron chi connectivity index (χ0n) is 10.9. The van der Waals surface area contributed by atoms with Gasteiger partial charge in [-0.3, -0.25) is 0 Å². The van der Waals surface area contributed by atoms with E-state index in [-0.39, 0.29) is 25.4 Å². The maximum atomic E-state index is 13.6. The van der Waals surface area contributed by atoms with E-state index in [0.29, 0.717) is 5.56 Å². The van der Waals surface area contributed by atoms with Crippen molar-refractivity contribution >= 4 is 17.7 Å². The number of carboxylic acids is 1. The van der Waals surface area contributed by atoms with Crippen LogP contribution in [0.4, 0.5) is 14.9 Å². The zero-order chi connectivity index (χ0) is 14.7. The first-order valence-corrected chi connectivity index (χ1v) is 6.14. The Labute approximate surface area is 115 Å². The molecule has 6 nitrogen and oxygen atoms in total. The first-order valence-electron chi connectivity index (χ1n) is 6.14. The number of aliphatic carboxylic acids is 1. The third kappa shape index (κ3) is 3.05. The first kappa shape index (κ1) is 14.3. The highest BCUT2D eigenvalue weighted by molar-refractivity contribution is 5.90. The summed E-state index contributed by atoms with van der Waals surface area (Å²) in [5, 5.41) is 11.3. The molecule has 2 N–H and O–H groups in total. The summed E-state index contributed by atoms with van der Waals surface area (Å²) < 4.78 is 18.7. The topological polar surface area (TPSA) is 78.9 Å².